The minimum atomic E-state index is 0.315. The number of hydrogen-bond acceptors (Lipinski definition) is 2. The van der Waals surface area contributed by atoms with Crippen LogP contribution in [0.15, 0.2) is 24.3 Å². The Kier molecular flexibility index (Phi) is 2.55. The number of hydrogen-bond donors (Lipinski definition) is 0. The first-order valence-corrected chi connectivity index (χ1v) is 7.89. The fourth-order valence-electron chi connectivity index (χ4n) is 5.21. The molecular weight excluding hydrogens is 246 g/mol. The zero-order valence-corrected chi connectivity index (χ0v) is 12.4. The lowest BCUT2D eigenvalue weighted by molar-refractivity contribution is -0.142. The molecule has 2 nitrogen and oxygen atoms in total. The smallest absolute Gasteiger partial charge is 0.139 e. The molecule has 5 rings (SSSR count). The molecule has 4 fully saturated rings. The van der Waals surface area contributed by atoms with E-state index in [0.29, 0.717) is 23.0 Å². The van der Waals surface area contributed by atoms with Gasteiger partial charge in [-0.05, 0) is 61.1 Å². The van der Waals surface area contributed by atoms with E-state index in [2.05, 4.69) is 43.3 Å². The van der Waals surface area contributed by atoms with Gasteiger partial charge in [-0.25, -0.2) is 0 Å². The molecule has 20 heavy (non-hydrogen) atoms. The molecule has 4 aliphatic carbocycles. The molecule has 0 saturated heterocycles. The molecule has 106 valence electrons. The third-order valence-corrected chi connectivity index (χ3v) is 5.99. The summed E-state index contributed by atoms with van der Waals surface area (Å²) < 4.78 is 0. The summed E-state index contributed by atoms with van der Waals surface area (Å²) in [6.45, 7) is 0. The summed E-state index contributed by atoms with van der Waals surface area (Å²) >= 11 is 0. The number of carbonyl (C=O) groups excluding carboxylic acids is 1. The van der Waals surface area contributed by atoms with E-state index in [9.17, 15) is 4.79 Å². The second-order valence-corrected chi connectivity index (χ2v) is 7.47. The Bertz CT molecular complexity index is 527. The molecular formula is C18H23NO. The average molecular weight is 269 g/mol. The van der Waals surface area contributed by atoms with Gasteiger partial charge in [-0.2, -0.15) is 0 Å². The van der Waals surface area contributed by atoms with Crippen molar-refractivity contribution in [2.45, 2.75) is 37.5 Å². The van der Waals surface area contributed by atoms with Crippen molar-refractivity contribution in [1.82, 2.24) is 0 Å². The topological polar surface area (TPSA) is 20.3 Å². The second-order valence-electron chi connectivity index (χ2n) is 7.47. The Morgan fingerprint density at radius 1 is 1.00 bits per heavy atom. The summed E-state index contributed by atoms with van der Waals surface area (Å²) in [5.41, 5.74) is 3.06. The van der Waals surface area contributed by atoms with Crippen LogP contribution >= 0.6 is 0 Å². The standard InChI is InChI=1S/C18H23NO/c1-19(2)16-5-3-15(4-6-16)18-9-12-7-13(10-18)17(20)14(8-12)11-18/h3-6,12-14H,7-11H2,1-2H3/t12?,13-,14+,18?. The van der Waals surface area contributed by atoms with Gasteiger partial charge in [0.25, 0.3) is 0 Å². The maximum Gasteiger partial charge on any atom is 0.139 e. The van der Waals surface area contributed by atoms with Gasteiger partial charge < -0.3 is 4.90 Å². The minimum Gasteiger partial charge on any atom is -0.378 e. The van der Waals surface area contributed by atoms with E-state index < -0.39 is 0 Å². The van der Waals surface area contributed by atoms with Crippen LogP contribution in [0.25, 0.3) is 0 Å². The predicted molar refractivity (Wildman–Crippen MR) is 81.0 cm³/mol. The Morgan fingerprint density at radius 2 is 1.60 bits per heavy atom. The lowest BCUT2D eigenvalue weighted by Crippen LogP contribution is -2.53. The summed E-state index contributed by atoms with van der Waals surface area (Å²) in [5, 5.41) is 0. The molecule has 0 aromatic heterocycles. The summed E-state index contributed by atoms with van der Waals surface area (Å²) in [4.78, 5) is 14.4. The molecule has 0 heterocycles. The second kappa shape index (κ2) is 4.09. The van der Waals surface area contributed by atoms with Gasteiger partial charge in [-0.3, -0.25) is 4.79 Å². The first kappa shape index (κ1) is 12.4. The van der Waals surface area contributed by atoms with E-state index in [-0.39, 0.29) is 0 Å². The number of Topliss-reactive ketones (excluding diaryl/α,β-unsaturated/α-hetero) is 1. The maximum atomic E-state index is 12.3. The molecule has 4 atom stereocenters. The van der Waals surface area contributed by atoms with Crippen LogP contribution in [0.4, 0.5) is 5.69 Å². The number of ketones is 1. The summed E-state index contributed by atoms with van der Waals surface area (Å²) in [5.74, 6) is 2.13. The lowest BCUT2D eigenvalue weighted by atomic mass is 9.47. The highest BCUT2D eigenvalue weighted by atomic mass is 16.1. The van der Waals surface area contributed by atoms with Crippen molar-refractivity contribution in [2.75, 3.05) is 19.0 Å². The van der Waals surface area contributed by atoms with E-state index in [1.165, 1.54) is 30.5 Å². The maximum absolute atomic E-state index is 12.3. The van der Waals surface area contributed by atoms with Crippen molar-refractivity contribution in [1.29, 1.82) is 0 Å². The molecule has 0 aliphatic heterocycles. The van der Waals surface area contributed by atoms with Crippen LogP contribution in [-0.4, -0.2) is 19.9 Å². The Labute approximate surface area is 121 Å². The molecule has 4 bridgehead atoms. The first-order valence-electron chi connectivity index (χ1n) is 7.89. The van der Waals surface area contributed by atoms with Crippen LogP contribution < -0.4 is 4.90 Å². The van der Waals surface area contributed by atoms with Gasteiger partial charge in [0.1, 0.15) is 5.78 Å². The molecule has 0 spiro atoms. The number of anilines is 1. The Balaban J connectivity index is 1.69. The minimum absolute atomic E-state index is 0.315. The summed E-state index contributed by atoms with van der Waals surface area (Å²) in [6.07, 6.45) is 5.88. The first-order chi connectivity index (χ1) is 9.57. The van der Waals surface area contributed by atoms with E-state index in [1.54, 1.807) is 0 Å². The quantitative estimate of drug-likeness (QED) is 0.820. The van der Waals surface area contributed by atoms with Gasteiger partial charge in [-0.15, -0.1) is 0 Å². The predicted octanol–water partition coefficient (Wildman–Crippen LogP) is 3.40. The van der Waals surface area contributed by atoms with Crippen molar-refractivity contribution < 1.29 is 4.79 Å². The van der Waals surface area contributed by atoms with Gasteiger partial charge in [-0.1, -0.05) is 12.1 Å². The molecule has 0 amide bonds. The third-order valence-electron chi connectivity index (χ3n) is 5.99. The molecule has 0 radical (unpaired) electrons. The van der Waals surface area contributed by atoms with Crippen molar-refractivity contribution >= 4 is 11.5 Å². The van der Waals surface area contributed by atoms with Crippen LogP contribution in [0.1, 0.15) is 37.7 Å². The van der Waals surface area contributed by atoms with Crippen LogP contribution in [-0.2, 0) is 10.2 Å². The van der Waals surface area contributed by atoms with Gasteiger partial charge in [0.2, 0.25) is 0 Å². The van der Waals surface area contributed by atoms with E-state index in [4.69, 9.17) is 0 Å². The number of nitrogens with zero attached hydrogens (tertiary/aromatic N) is 1. The fourth-order valence-corrected chi connectivity index (χ4v) is 5.21. The Hall–Kier alpha value is -1.31. The van der Waals surface area contributed by atoms with Crippen LogP contribution in [0.3, 0.4) is 0 Å². The largest absolute Gasteiger partial charge is 0.378 e. The zero-order chi connectivity index (χ0) is 13.9. The molecule has 1 aromatic carbocycles. The average Bonchev–Trinajstić information content (AvgIpc) is 2.44. The van der Waals surface area contributed by atoms with E-state index >= 15 is 0 Å². The number of rotatable bonds is 2. The number of carbonyl (C=O) groups is 1. The van der Waals surface area contributed by atoms with Crippen molar-refractivity contribution in [2.24, 2.45) is 17.8 Å². The monoisotopic (exact) mass is 269 g/mol. The van der Waals surface area contributed by atoms with Crippen LogP contribution in [0.5, 0.6) is 0 Å². The SMILES string of the molecule is CN(C)c1ccc(C23CC4C[C@H](C2)C(=O)[C@@H](C4)C3)cc1. The lowest BCUT2D eigenvalue weighted by Gasteiger charge is -2.56. The van der Waals surface area contributed by atoms with Gasteiger partial charge in [0.05, 0.1) is 0 Å². The summed E-state index contributed by atoms with van der Waals surface area (Å²) in [6, 6.07) is 9.09. The van der Waals surface area contributed by atoms with Crippen LogP contribution in [0.2, 0.25) is 0 Å². The van der Waals surface area contributed by atoms with Crippen molar-refractivity contribution in [3.05, 3.63) is 29.8 Å². The van der Waals surface area contributed by atoms with Crippen LogP contribution in [0, 0.1) is 17.8 Å². The number of benzene rings is 1. The van der Waals surface area contributed by atoms with Gasteiger partial charge in [0.15, 0.2) is 0 Å². The normalized spacial score (nSPS) is 38.3. The molecule has 2 unspecified atom stereocenters. The molecule has 2 heteroatoms. The highest BCUT2D eigenvalue weighted by Crippen LogP contribution is 2.59. The highest BCUT2D eigenvalue weighted by Gasteiger charge is 2.55. The zero-order valence-electron chi connectivity index (χ0n) is 12.4. The van der Waals surface area contributed by atoms with Crippen molar-refractivity contribution in [3.8, 4) is 0 Å². The highest BCUT2D eigenvalue weighted by molar-refractivity contribution is 5.86. The van der Waals surface area contributed by atoms with E-state index in [0.717, 1.165) is 18.8 Å². The van der Waals surface area contributed by atoms with Gasteiger partial charge in [0, 0.05) is 31.6 Å². The van der Waals surface area contributed by atoms with E-state index in [1.807, 2.05) is 0 Å². The Morgan fingerprint density at radius 3 is 2.15 bits per heavy atom. The molecule has 4 saturated carbocycles. The fraction of sp³-hybridized carbons (Fsp3) is 0.611. The molecule has 1 aromatic rings. The van der Waals surface area contributed by atoms with Crippen molar-refractivity contribution in [3.63, 3.8) is 0 Å². The molecule has 0 N–H and O–H groups in total. The van der Waals surface area contributed by atoms with Gasteiger partial charge >= 0.3 is 0 Å². The summed E-state index contributed by atoms with van der Waals surface area (Å²) in [7, 11) is 4.16. The molecule has 4 aliphatic rings. The third kappa shape index (κ3) is 1.66.